The van der Waals surface area contributed by atoms with E-state index in [9.17, 15) is 0 Å². The summed E-state index contributed by atoms with van der Waals surface area (Å²) in [5.74, 6) is 0.822. The molecule has 0 aliphatic carbocycles. The molecule has 0 spiro atoms. The lowest BCUT2D eigenvalue weighted by Crippen LogP contribution is -2.15. The Balaban J connectivity index is 2.04. The topological polar surface area (TPSA) is 58.3 Å². The highest BCUT2D eigenvalue weighted by molar-refractivity contribution is 4.86. The number of aliphatic hydroxyl groups excluding tert-OH is 1. The molecule has 1 aromatic heterocycles. The smallest absolute Gasteiger partial charge is 0.180 e. The predicted octanol–water partition coefficient (Wildman–Crippen LogP) is 0.147. The maximum Gasteiger partial charge on any atom is 0.180 e. The average molecular weight is 156 g/mol. The standard InChI is InChI=1S/C7H12N2O2/c10-3-1-2-8-4-7-5-9-6-11-7/h5-6,8,10H,1-4H2. The van der Waals surface area contributed by atoms with Gasteiger partial charge in [-0.15, -0.1) is 0 Å². The number of hydrogen-bond donors (Lipinski definition) is 2. The van der Waals surface area contributed by atoms with Crippen LogP contribution < -0.4 is 5.32 Å². The van der Waals surface area contributed by atoms with E-state index in [0.717, 1.165) is 18.7 Å². The van der Waals surface area contributed by atoms with E-state index in [4.69, 9.17) is 9.52 Å². The molecule has 0 unspecified atom stereocenters. The highest BCUT2D eigenvalue weighted by Crippen LogP contribution is 1.94. The van der Waals surface area contributed by atoms with Gasteiger partial charge in [0.15, 0.2) is 6.39 Å². The SMILES string of the molecule is OCCCNCc1cnco1. The minimum absolute atomic E-state index is 0.226. The second kappa shape index (κ2) is 4.87. The summed E-state index contributed by atoms with van der Waals surface area (Å²) in [6.07, 6.45) is 3.85. The minimum Gasteiger partial charge on any atom is -0.447 e. The van der Waals surface area contributed by atoms with Gasteiger partial charge in [-0.3, -0.25) is 0 Å². The summed E-state index contributed by atoms with van der Waals surface area (Å²) in [6, 6.07) is 0. The third-order valence-electron chi connectivity index (χ3n) is 1.29. The molecular formula is C7H12N2O2. The monoisotopic (exact) mass is 156 g/mol. The molecule has 0 radical (unpaired) electrons. The van der Waals surface area contributed by atoms with Gasteiger partial charge in [0.2, 0.25) is 0 Å². The largest absolute Gasteiger partial charge is 0.447 e. The van der Waals surface area contributed by atoms with Gasteiger partial charge >= 0.3 is 0 Å². The number of aliphatic hydroxyl groups is 1. The van der Waals surface area contributed by atoms with Crippen molar-refractivity contribution in [3.05, 3.63) is 18.4 Å². The van der Waals surface area contributed by atoms with Crippen molar-refractivity contribution in [3.8, 4) is 0 Å². The Morgan fingerprint density at radius 2 is 2.55 bits per heavy atom. The number of oxazole rings is 1. The van der Waals surface area contributed by atoms with E-state index >= 15 is 0 Å². The van der Waals surface area contributed by atoms with Gasteiger partial charge in [0.05, 0.1) is 12.7 Å². The second-order valence-corrected chi connectivity index (χ2v) is 2.22. The predicted molar refractivity (Wildman–Crippen MR) is 39.9 cm³/mol. The van der Waals surface area contributed by atoms with Gasteiger partial charge in [0, 0.05) is 6.61 Å². The Morgan fingerprint density at radius 3 is 3.18 bits per heavy atom. The first-order chi connectivity index (χ1) is 5.43. The summed E-state index contributed by atoms with van der Waals surface area (Å²) in [5, 5.41) is 11.5. The molecular weight excluding hydrogens is 144 g/mol. The number of nitrogens with one attached hydrogen (secondary N) is 1. The summed E-state index contributed by atoms with van der Waals surface area (Å²) in [7, 11) is 0. The van der Waals surface area contributed by atoms with Crippen molar-refractivity contribution in [1.82, 2.24) is 10.3 Å². The van der Waals surface area contributed by atoms with Crippen LogP contribution >= 0.6 is 0 Å². The molecule has 0 atom stereocenters. The van der Waals surface area contributed by atoms with E-state index < -0.39 is 0 Å². The molecule has 1 aromatic rings. The highest BCUT2D eigenvalue weighted by atomic mass is 16.3. The zero-order valence-electron chi connectivity index (χ0n) is 6.29. The van der Waals surface area contributed by atoms with Crippen molar-refractivity contribution >= 4 is 0 Å². The van der Waals surface area contributed by atoms with Crippen LogP contribution in [-0.4, -0.2) is 23.2 Å². The van der Waals surface area contributed by atoms with Crippen LogP contribution in [0.4, 0.5) is 0 Å². The number of nitrogens with zero attached hydrogens (tertiary/aromatic N) is 1. The van der Waals surface area contributed by atoms with Gasteiger partial charge in [-0.2, -0.15) is 0 Å². The van der Waals surface area contributed by atoms with Gasteiger partial charge in [-0.05, 0) is 13.0 Å². The Labute approximate surface area is 65.2 Å². The fraction of sp³-hybridized carbons (Fsp3) is 0.571. The highest BCUT2D eigenvalue weighted by Gasteiger charge is 1.93. The zero-order valence-corrected chi connectivity index (χ0v) is 6.29. The third kappa shape index (κ3) is 3.15. The summed E-state index contributed by atoms with van der Waals surface area (Å²) < 4.78 is 4.98. The van der Waals surface area contributed by atoms with Crippen LogP contribution in [0.25, 0.3) is 0 Å². The lowest BCUT2D eigenvalue weighted by Gasteiger charge is -1.98. The van der Waals surface area contributed by atoms with E-state index in [1.54, 1.807) is 6.20 Å². The second-order valence-electron chi connectivity index (χ2n) is 2.22. The van der Waals surface area contributed by atoms with Crippen LogP contribution in [0.3, 0.4) is 0 Å². The van der Waals surface area contributed by atoms with E-state index in [1.165, 1.54) is 6.39 Å². The number of aromatic nitrogens is 1. The Hall–Kier alpha value is -0.870. The van der Waals surface area contributed by atoms with Gasteiger partial charge in [-0.25, -0.2) is 4.98 Å². The van der Waals surface area contributed by atoms with Crippen molar-refractivity contribution < 1.29 is 9.52 Å². The molecule has 0 fully saturated rings. The third-order valence-corrected chi connectivity index (χ3v) is 1.29. The molecule has 1 heterocycles. The Bertz CT molecular complexity index is 175. The molecule has 4 nitrogen and oxygen atoms in total. The molecule has 2 N–H and O–H groups in total. The van der Waals surface area contributed by atoms with Crippen LogP contribution in [-0.2, 0) is 6.54 Å². The average Bonchev–Trinajstić information content (AvgIpc) is 2.50. The van der Waals surface area contributed by atoms with Gasteiger partial charge in [0.25, 0.3) is 0 Å². The van der Waals surface area contributed by atoms with Gasteiger partial charge in [0.1, 0.15) is 5.76 Å². The zero-order chi connectivity index (χ0) is 7.94. The Morgan fingerprint density at radius 1 is 1.64 bits per heavy atom. The summed E-state index contributed by atoms with van der Waals surface area (Å²) in [6.45, 7) is 1.71. The van der Waals surface area contributed by atoms with Crippen LogP contribution in [0.5, 0.6) is 0 Å². The molecule has 0 saturated heterocycles. The summed E-state index contributed by atoms with van der Waals surface area (Å²) in [5.41, 5.74) is 0. The maximum absolute atomic E-state index is 8.45. The summed E-state index contributed by atoms with van der Waals surface area (Å²) >= 11 is 0. The molecule has 0 bridgehead atoms. The lowest BCUT2D eigenvalue weighted by molar-refractivity contribution is 0.285. The molecule has 0 amide bonds. The lowest BCUT2D eigenvalue weighted by atomic mass is 10.4. The molecule has 0 saturated carbocycles. The van der Waals surface area contributed by atoms with Crippen molar-refractivity contribution in [2.75, 3.05) is 13.2 Å². The molecule has 62 valence electrons. The van der Waals surface area contributed by atoms with Crippen LogP contribution in [0.2, 0.25) is 0 Å². The first kappa shape index (κ1) is 8.23. The van der Waals surface area contributed by atoms with Gasteiger partial charge < -0.3 is 14.8 Å². The molecule has 4 heteroatoms. The van der Waals surface area contributed by atoms with E-state index in [-0.39, 0.29) is 6.61 Å². The quantitative estimate of drug-likeness (QED) is 0.596. The van der Waals surface area contributed by atoms with E-state index in [0.29, 0.717) is 6.54 Å². The maximum atomic E-state index is 8.45. The van der Waals surface area contributed by atoms with Crippen LogP contribution in [0.1, 0.15) is 12.2 Å². The van der Waals surface area contributed by atoms with Crippen molar-refractivity contribution in [1.29, 1.82) is 0 Å². The molecule has 0 aliphatic heterocycles. The molecule has 0 aliphatic rings. The number of hydrogen-bond acceptors (Lipinski definition) is 4. The molecule has 1 rings (SSSR count). The Kier molecular flexibility index (Phi) is 3.64. The molecule has 0 aromatic carbocycles. The van der Waals surface area contributed by atoms with Gasteiger partial charge in [-0.1, -0.05) is 0 Å². The molecule has 11 heavy (non-hydrogen) atoms. The van der Waals surface area contributed by atoms with E-state index in [1.807, 2.05) is 0 Å². The van der Waals surface area contributed by atoms with Crippen molar-refractivity contribution in [2.45, 2.75) is 13.0 Å². The van der Waals surface area contributed by atoms with Crippen molar-refractivity contribution in [2.24, 2.45) is 0 Å². The van der Waals surface area contributed by atoms with Crippen molar-refractivity contribution in [3.63, 3.8) is 0 Å². The van der Waals surface area contributed by atoms with Crippen LogP contribution in [0.15, 0.2) is 17.0 Å². The van der Waals surface area contributed by atoms with E-state index in [2.05, 4.69) is 10.3 Å². The summed E-state index contributed by atoms with van der Waals surface area (Å²) in [4.78, 5) is 3.77. The minimum atomic E-state index is 0.226. The van der Waals surface area contributed by atoms with Crippen LogP contribution in [0, 0.1) is 0 Å². The first-order valence-electron chi connectivity index (χ1n) is 3.62. The fourth-order valence-electron chi connectivity index (χ4n) is 0.745. The normalized spacial score (nSPS) is 10.3. The number of rotatable bonds is 5. The first-order valence-corrected chi connectivity index (χ1v) is 3.62. The fourth-order valence-corrected chi connectivity index (χ4v) is 0.745.